The molecule has 3 unspecified atom stereocenters. The Morgan fingerprint density at radius 3 is 2.10 bits per heavy atom. The summed E-state index contributed by atoms with van der Waals surface area (Å²) in [4.78, 5) is 58.4. The molecule has 0 fully saturated rings. The number of aromatic hydroxyl groups is 1. The Bertz CT molecular complexity index is 817. The molecule has 0 heterocycles. The van der Waals surface area contributed by atoms with Gasteiger partial charge in [-0.05, 0) is 17.7 Å². The first-order chi connectivity index (χ1) is 14.5. The molecule has 0 spiro atoms. The van der Waals surface area contributed by atoms with Gasteiger partial charge in [0.2, 0.25) is 17.7 Å². The smallest absolute Gasteiger partial charge is 0.326 e. The largest absolute Gasteiger partial charge is 0.508 e. The second-order valence-corrected chi connectivity index (χ2v) is 6.86. The molecule has 0 bridgehead atoms. The van der Waals surface area contributed by atoms with E-state index in [9.17, 15) is 34.2 Å². The van der Waals surface area contributed by atoms with E-state index in [1.54, 1.807) is 0 Å². The lowest BCUT2D eigenvalue weighted by molar-refractivity contribution is -0.142. The van der Waals surface area contributed by atoms with Gasteiger partial charge >= 0.3 is 11.9 Å². The number of nitrogens with two attached hydrogens (primary N) is 1. The summed E-state index contributed by atoms with van der Waals surface area (Å²) in [5.74, 6) is -5.31. The molecule has 0 radical (unpaired) electrons. The van der Waals surface area contributed by atoms with Crippen LogP contribution in [0.4, 0.5) is 0 Å². The number of carbonyl (C=O) groups excluding carboxylic acids is 3. The van der Waals surface area contributed by atoms with Gasteiger partial charge in [0.15, 0.2) is 0 Å². The molecule has 0 saturated carbocycles. The molecule has 13 heteroatoms. The van der Waals surface area contributed by atoms with Crippen molar-refractivity contribution in [3.8, 4) is 5.75 Å². The molecule has 1 aromatic carbocycles. The molecule has 31 heavy (non-hydrogen) atoms. The molecule has 1 rings (SSSR count). The van der Waals surface area contributed by atoms with Gasteiger partial charge in [-0.1, -0.05) is 12.1 Å². The van der Waals surface area contributed by atoms with Gasteiger partial charge in [-0.2, -0.15) is 12.6 Å². The molecular formula is C18H24N4O8S. The maximum atomic E-state index is 12.2. The van der Waals surface area contributed by atoms with Crippen LogP contribution in [-0.2, 0) is 30.4 Å². The molecule has 0 saturated heterocycles. The minimum absolute atomic E-state index is 0.000652. The summed E-state index contributed by atoms with van der Waals surface area (Å²) in [6, 6.07) is 1.86. The van der Waals surface area contributed by atoms with Gasteiger partial charge in [0.1, 0.15) is 17.8 Å². The van der Waals surface area contributed by atoms with Crippen LogP contribution in [0.15, 0.2) is 24.3 Å². The number of benzene rings is 1. The van der Waals surface area contributed by atoms with Crippen LogP contribution in [0, 0.1) is 0 Å². The first kappa shape index (κ1) is 25.7. The Morgan fingerprint density at radius 1 is 0.968 bits per heavy atom. The number of aliphatic carboxylic acids is 2. The van der Waals surface area contributed by atoms with Crippen LogP contribution in [0.2, 0.25) is 0 Å². The van der Waals surface area contributed by atoms with E-state index in [1.807, 2.05) is 0 Å². The first-order valence-electron chi connectivity index (χ1n) is 8.99. The zero-order valence-corrected chi connectivity index (χ0v) is 17.2. The Labute approximate surface area is 182 Å². The van der Waals surface area contributed by atoms with E-state index >= 15 is 0 Å². The maximum Gasteiger partial charge on any atom is 0.326 e. The second kappa shape index (κ2) is 12.4. The van der Waals surface area contributed by atoms with Crippen LogP contribution in [0.1, 0.15) is 12.0 Å². The number of carboxylic acids is 2. The van der Waals surface area contributed by atoms with Gasteiger partial charge < -0.3 is 37.0 Å². The third-order valence-electron chi connectivity index (χ3n) is 3.98. The monoisotopic (exact) mass is 456 g/mol. The van der Waals surface area contributed by atoms with E-state index in [0.29, 0.717) is 5.56 Å². The molecule has 3 amide bonds. The number of hydrogen-bond acceptors (Lipinski definition) is 8. The van der Waals surface area contributed by atoms with Crippen molar-refractivity contribution in [1.29, 1.82) is 0 Å². The van der Waals surface area contributed by atoms with E-state index in [4.69, 9.17) is 10.8 Å². The van der Waals surface area contributed by atoms with Crippen LogP contribution >= 0.6 is 12.6 Å². The number of phenolic OH excluding ortho intramolecular Hbond substituents is 1. The minimum atomic E-state index is -1.49. The number of amides is 3. The van der Waals surface area contributed by atoms with Gasteiger partial charge in [-0.3, -0.25) is 19.2 Å². The number of rotatable bonds is 12. The van der Waals surface area contributed by atoms with Crippen molar-refractivity contribution < 1.29 is 39.3 Å². The molecule has 8 N–H and O–H groups in total. The zero-order chi connectivity index (χ0) is 23.6. The van der Waals surface area contributed by atoms with Gasteiger partial charge in [0, 0.05) is 12.2 Å². The molecular weight excluding hydrogens is 432 g/mol. The average Bonchev–Trinajstić information content (AvgIpc) is 2.71. The van der Waals surface area contributed by atoms with E-state index in [1.165, 1.54) is 24.3 Å². The Hall–Kier alpha value is -3.32. The van der Waals surface area contributed by atoms with Crippen LogP contribution in [-0.4, -0.2) is 75.4 Å². The molecule has 3 atom stereocenters. The fraction of sp³-hybridized carbons (Fsp3) is 0.389. The summed E-state index contributed by atoms with van der Waals surface area (Å²) in [6.07, 6.45) is -0.828. The van der Waals surface area contributed by atoms with Crippen molar-refractivity contribution >= 4 is 42.3 Å². The fourth-order valence-corrected chi connectivity index (χ4v) is 2.52. The highest BCUT2D eigenvalue weighted by molar-refractivity contribution is 7.80. The predicted octanol–water partition coefficient (Wildman–Crippen LogP) is -2.16. The molecule has 12 nitrogen and oxygen atoms in total. The predicted molar refractivity (Wildman–Crippen MR) is 110 cm³/mol. The van der Waals surface area contributed by atoms with Crippen LogP contribution in [0.5, 0.6) is 5.75 Å². The lowest BCUT2D eigenvalue weighted by atomic mass is 10.1. The summed E-state index contributed by atoms with van der Waals surface area (Å²) in [5, 5.41) is 34.0. The van der Waals surface area contributed by atoms with E-state index < -0.39 is 60.8 Å². The van der Waals surface area contributed by atoms with Crippen LogP contribution in [0.3, 0.4) is 0 Å². The minimum Gasteiger partial charge on any atom is -0.508 e. The van der Waals surface area contributed by atoms with Crippen molar-refractivity contribution in [3.05, 3.63) is 29.8 Å². The Morgan fingerprint density at radius 2 is 1.58 bits per heavy atom. The van der Waals surface area contributed by atoms with Gasteiger partial charge in [-0.25, -0.2) is 4.79 Å². The molecule has 0 aliphatic heterocycles. The number of nitrogens with one attached hydrogen (secondary N) is 3. The molecule has 0 aromatic heterocycles. The highest BCUT2D eigenvalue weighted by Crippen LogP contribution is 2.11. The van der Waals surface area contributed by atoms with E-state index in [0.717, 1.165) is 0 Å². The SMILES string of the molecule is NC(CS)C(=O)NC(CC(=O)O)C(=O)NCC(=O)NC(Cc1ccc(O)cc1)C(=O)O. The quantitative estimate of drug-likeness (QED) is 0.161. The number of carbonyl (C=O) groups is 5. The molecule has 1 aromatic rings. The summed E-state index contributed by atoms with van der Waals surface area (Å²) in [5.41, 5.74) is 6.01. The van der Waals surface area contributed by atoms with Crippen LogP contribution in [0.25, 0.3) is 0 Å². The van der Waals surface area contributed by atoms with Gasteiger partial charge in [-0.15, -0.1) is 0 Å². The lowest BCUT2D eigenvalue weighted by Crippen LogP contribution is -2.54. The lowest BCUT2D eigenvalue weighted by Gasteiger charge is -2.19. The number of carboxylic acid groups (broad SMARTS) is 2. The summed E-state index contributed by atoms with van der Waals surface area (Å²) < 4.78 is 0. The van der Waals surface area contributed by atoms with E-state index in [-0.39, 0.29) is 17.9 Å². The summed E-state index contributed by atoms with van der Waals surface area (Å²) in [7, 11) is 0. The maximum absolute atomic E-state index is 12.2. The standard InChI is InChI=1S/C18H24N4O8S/c19-11(8-31)16(27)22-12(6-15(25)26)17(28)20-7-14(24)21-13(18(29)30)5-9-1-3-10(23)4-2-9/h1-4,11-13,23,31H,5-8,19H2,(H,20,28)(H,21,24)(H,22,27)(H,25,26)(H,29,30). The second-order valence-electron chi connectivity index (χ2n) is 6.49. The summed E-state index contributed by atoms with van der Waals surface area (Å²) in [6.45, 7) is -0.650. The Balaban J connectivity index is 2.67. The molecule has 0 aliphatic carbocycles. The first-order valence-corrected chi connectivity index (χ1v) is 9.63. The van der Waals surface area contributed by atoms with Crippen molar-refractivity contribution in [2.45, 2.75) is 31.0 Å². The summed E-state index contributed by atoms with van der Waals surface area (Å²) >= 11 is 3.84. The topological polar surface area (TPSA) is 208 Å². The Kier molecular flexibility index (Phi) is 10.3. The third-order valence-corrected chi connectivity index (χ3v) is 4.37. The van der Waals surface area contributed by atoms with Gasteiger partial charge in [0.25, 0.3) is 0 Å². The number of phenols is 1. The average molecular weight is 456 g/mol. The van der Waals surface area contributed by atoms with Crippen molar-refractivity contribution in [2.75, 3.05) is 12.3 Å². The molecule has 170 valence electrons. The van der Waals surface area contributed by atoms with Crippen molar-refractivity contribution in [3.63, 3.8) is 0 Å². The normalized spacial score (nSPS) is 13.4. The number of thiol groups is 1. The number of hydrogen-bond donors (Lipinski definition) is 8. The van der Waals surface area contributed by atoms with Gasteiger partial charge in [0.05, 0.1) is 19.0 Å². The molecule has 0 aliphatic rings. The van der Waals surface area contributed by atoms with Crippen molar-refractivity contribution in [1.82, 2.24) is 16.0 Å². The highest BCUT2D eigenvalue weighted by Gasteiger charge is 2.27. The third kappa shape index (κ3) is 9.35. The van der Waals surface area contributed by atoms with Crippen LogP contribution < -0.4 is 21.7 Å². The highest BCUT2D eigenvalue weighted by atomic mass is 32.1. The van der Waals surface area contributed by atoms with Crippen molar-refractivity contribution in [2.24, 2.45) is 5.73 Å². The zero-order valence-electron chi connectivity index (χ0n) is 16.3. The van der Waals surface area contributed by atoms with E-state index in [2.05, 4.69) is 28.6 Å². The fourth-order valence-electron chi connectivity index (χ4n) is 2.35.